The van der Waals surface area contributed by atoms with Crippen LogP contribution < -0.4 is 9.62 Å². The molecule has 46 heavy (non-hydrogen) atoms. The SMILES string of the molecule is O=C(NCC(=O)N1CCN(CCCN2CCCC2)CC1)c1ccc(S(=O)(=O)N(C(=O)c2ccc(Cl)cc2Cl)c2ccccc2)cc1. The molecule has 3 aromatic rings. The number of nitrogens with zero attached hydrogens (tertiary/aromatic N) is 4. The normalized spacial score (nSPS) is 15.9. The summed E-state index contributed by atoms with van der Waals surface area (Å²) in [6, 6.07) is 17.3. The summed E-state index contributed by atoms with van der Waals surface area (Å²) >= 11 is 12.2. The Kier molecular flexibility index (Phi) is 11.3. The van der Waals surface area contributed by atoms with E-state index in [9.17, 15) is 22.8 Å². The predicted molar refractivity (Wildman–Crippen MR) is 179 cm³/mol. The third kappa shape index (κ3) is 8.26. The first-order valence-electron chi connectivity index (χ1n) is 15.3. The summed E-state index contributed by atoms with van der Waals surface area (Å²) in [5, 5.41) is 2.94. The lowest BCUT2D eigenvalue weighted by Gasteiger charge is -2.35. The van der Waals surface area contributed by atoms with Crippen LogP contribution in [0.1, 0.15) is 40.0 Å². The third-order valence-corrected chi connectivity index (χ3v) is 10.5. The molecule has 0 unspecified atom stereocenters. The summed E-state index contributed by atoms with van der Waals surface area (Å²) < 4.78 is 28.3. The summed E-state index contributed by atoms with van der Waals surface area (Å²) in [5.74, 6) is -1.54. The Balaban J connectivity index is 1.18. The minimum absolute atomic E-state index is 0.00462. The number of hydrogen-bond donors (Lipinski definition) is 1. The van der Waals surface area contributed by atoms with Gasteiger partial charge in [0.1, 0.15) is 0 Å². The highest BCUT2D eigenvalue weighted by Crippen LogP contribution is 2.29. The number of likely N-dealkylation sites (tertiary alicyclic amines) is 1. The molecule has 2 saturated heterocycles. The van der Waals surface area contributed by atoms with Crippen molar-refractivity contribution in [3.8, 4) is 0 Å². The largest absolute Gasteiger partial charge is 0.343 e. The first-order chi connectivity index (χ1) is 22.1. The lowest BCUT2D eigenvalue weighted by molar-refractivity contribution is -0.131. The van der Waals surface area contributed by atoms with Crippen molar-refractivity contribution in [1.82, 2.24) is 20.0 Å². The average molecular weight is 687 g/mol. The van der Waals surface area contributed by atoms with E-state index in [-0.39, 0.29) is 39.2 Å². The maximum Gasteiger partial charge on any atom is 0.273 e. The number of piperazine rings is 1. The van der Waals surface area contributed by atoms with Gasteiger partial charge in [0.2, 0.25) is 5.91 Å². The van der Waals surface area contributed by atoms with E-state index < -0.39 is 21.8 Å². The number of rotatable bonds is 11. The highest BCUT2D eigenvalue weighted by Gasteiger charge is 2.33. The molecule has 1 N–H and O–H groups in total. The van der Waals surface area contributed by atoms with Crippen LogP contribution in [0.4, 0.5) is 5.69 Å². The molecule has 0 radical (unpaired) electrons. The van der Waals surface area contributed by atoms with Crippen molar-refractivity contribution in [2.24, 2.45) is 0 Å². The van der Waals surface area contributed by atoms with Crippen LogP contribution in [0, 0.1) is 0 Å². The van der Waals surface area contributed by atoms with Gasteiger partial charge in [-0.25, -0.2) is 8.42 Å². The van der Waals surface area contributed by atoms with Crippen LogP contribution in [0.2, 0.25) is 10.0 Å². The van der Waals surface area contributed by atoms with Crippen LogP contribution in [-0.2, 0) is 14.8 Å². The van der Waals surface area contributed by atoms with Crippen LogP contribution in [-0.4, -0.2) is 99.7 Å². The highest BCUT2D eigenvalue weighted by atomic mass is 35.5. The highest BCUT2D eigenvalue weighted by molar-refractivity contribution is 7.93. The Hall–Kier alpha value is -3.48. The molecule has 2 heterocycles. The van der Waals surface area contributed by atoms with Gasteiger partial charge in [-0.2, -0.15) is 4.31 Å². The Morgan fingerprint density at radius 2 is 1.41 bits per heavy atom. The molecule has 2 aliphatic heterocycles. The van der Waals surface area contributed by atoms with E-state index >= 15 is 0 Å². The Morgan fingerprint density at radius 3 is 2.04 bits per heavy atom. The number of nitrogens with one attached hydrogen (secondary N) is 1. The number of carbonyl (C=O) groups is 3. The van der Waals surface area contributed by atoms with Crippen LogP contribution >= 0.6 is 23.2 Å². The number of halogens is 2. The molecule has 3 amide bonds. The molecule has 0 saturated carbocycles. The van der Waals surface area contributed by atoms with Gasteiger partial charge in [0, 0.05) is 36.8 Å². The van der Waals surface area contributed by atoms with E-state index in [1.165, 1.54) is 80.5 Å². The zero-order valence-corrected chi connectivity index (χ0v) is 27.7. The molecule has 244 valence electrons. The molecule has 13 heteroatoms. The molecular weight excluding hydrogens is 649 g/mol. The minimum atomic E-state index is -4.43. The van der Waals surface area contributed by atoms with Gasteiger partial charge in [0.25, 0.3) is 21.8 Å². The van der Waals surface area contributed by atoms with E-state index in [4.69, 9.17) is 23.2 Å². The zero-order chi connectivity index (χ0) is 32.7. The molecular formula is C33H37Cl2N5O5S. The molecule has 2 aliphatic rings. The van der Waals surface area contributed by atoms with Crippen LogP contribution in [0.5, 0.6) is 0 Å². The fourth-order valence-corrected chi connectivity index (χ4v) is 7.60. The van der Waals surface area contributed by atoms with Crippen LogP contribution in [0.15, 0.2) is 77.7 Å². The van der Waals surface area contributed by atoms with Gasteiger partial charge in [-0.3, -0.25) is 19.3 Å². The first-order valence-corrected chi connectivity index (χ1v) is 17.5. The summed E-state index contributed by atoms with van der Waals surface area (Å²) in [4.78, 5) is 45.7. The number of carbonyl (C=O) groups excluding carboxylic acids is 3. The van der Waals surface area contributed by atoms with Gasteiger partial charge in [-0.15, -0.1) is 0 Å². The number of hydrogen-bond acceptors (Lipinski definition) is 7. The monoisotopic (exact) mass is 685 g/mol. The van der Waals surface area contributed by atoms with Crippen LogP contribution in [0.25, 0.3) is 0 Å². The van der Waals surface area contributed by atoms with E-state index in [0.29, 0.717) is 22.4 Å². The minimum Gasteiger partial charge on any atom is -0.343 e. The number of para-hydroxylation sites is 1. The zero-order valence-electron chi connectivity index (χ0n) is 25.4. The predicted octanol–water partition coefficient (Wildman–Crippen LogP) is 4.39. The molecule has 5 rings (SSSR count). The van der Waals surface area contributed by atoms with Crippen molar-refractivity contribution >= 4 is 56.6 Å². The number of anilines is 1. The van der Waals surface area contributed by atoms with Crippen molar-refractivity contribution in [3.05, 3.63) is 94.0 Å². The average Bonchev–Trinajstić information content (AvgIpc) is 3.58. The van der Waals surface area contributed by atoms with Gasteiger partial charge >= 0.3 is 0 Å². The molecule has 0 atom stereocenters. The fraction of sp³-hybridized carbons (Fsp3) is 0.364. The second-order valence-electron chi connectivity index (χ2n) is 11.4. The van der Waals surface area contributed by atoms with Crippen molar-refractivity contribution in [3.63, 3.8) is 0 Å². The Labute approximate surface area is 279 Å². The molecule has 3 aromatic carbocycles. The maximum absolute atomic E-state index is 13.8. The topological polar surface area (TPSA) is 110 Å². The summed E-state index contributed by atoms with van der Waals surface area (Å²) in [6.45, 7) is 7.23. The van der Waals surface area contributed by atoms with E-state index in [1.54, 1.807) is 23.1 Å². The van der Waals surface area contributed by atoms with Crippen molar-refractivity contribution in [2.45, 2.75) is 24.2 Å². The Morgan fingerprint density at radius 1 is 0.783 bits per heavy atom. The quantitative estimate of drug-likeness (QED) is 0.319. The smallest absolute Gasteiger partial charge is 0.273 e. The number of benzene rings is 3. The Bertz CT molecular complexity index is 1640. The molecule has 0 aromatic heterocycles. The lowest BCUT2D eigenvalue weighted by atomic mass is 10.2. The molecule has 0 bridgehead atoms. The molecule has 0 aliphatic carbocycles. The van der Waals surface area contributed by atoms with Crippen LogP contribution in [0.3, 0.4) is 0 Å². The summed E-state index contributed by atoms with van der Waals surface area (Å²) in [7, 11) is -4.43. The summed E-state index contributed by atoms with van der Waals surface area (Å²) in [6.07, 6.45) is 3.71. The van der Waals surface area contributed by atoms with Crippen molar-refractivity contribution in [2.75, 3.05) is 63.2 Å². The van der Waals surface area contributed by atoms with E-state index in [1.807, 2.05) is 0 Å². The lowest BCUT2D eigenvalue weighted by Crippen LogP contribution is -2.51. The van der Waals surface area contributed by atoms with Gasteiger partial charge < -0.3 is 15.1 Å². The fourth-order valence-electron chi connectivity index (χ4n) is 5.70. The first kappa shape index (κ1) is 33.9. The summed E-state index contributed by atoms with van der Waals surface area (Å²) in [5.41, 5.74) is 0.243. The molecule has 0 spiro atoms. The second kappa shape index (κ2) is 15.4. The number of amides is 3. The standard InChI is InChI=1S/C33H37Cl2N5O5S/c34-26-11-14-29(30(35)23-26)33(43)40(27-7-2-1-3-8-27)46(44,45)28-12-9-25(10-13-28)32(42)36-24-31(41)39-21-19-38(20-22-39)18-6-17-37-15-4-5-16-37/h1-3,7-14,23H,4-6,15-22,24H2,(H,36,42). The third-order valence-electron chi connectivity index (χ3n) is 8.26. The maximum atomic E-state index is 13.8. The van der Waals surface area contributed by atoms with Gasteiger partial charge in [-0.05, 0) is 100 Å². The molecule has 2 fully saturated rings. The van der Waals surface area contributed by atoms with Crippen molar-refractivity contribution < 1.29 is 22.8 Å². The van der Waals surface area contributed by atoms with Gasteiger partial charge in [0.05, 0.1) is 27.7 Å². The van der Waals surface area contributed by atoms with Gasteiger partial charge in [0.15, 0.2) is 0 Å². The van der Waals surface area contributed by atoms with E-state index in [2.05, 4.69) is 15.1 Å². The van der Waals surface area contributed by atoms with E-state index in [0.717, 1.165) is 32.6 Å². The van der Waals surface area contributed by atoms with Gasteiger partial charge in [-0.1, -0.05) is 41.4 Å². The second-order valence-corrected chi connectivity index (χ2v) is 14.0. The number of sulfonamides is 1. The van der Waals surface area contributed by atoms with Crippen molar-refractivity contribution in [1.29, 1.82) is 0 Å². The molecule has 10 nitrogen and oxygen atoms in total.